The highest BCUT2D eigenvalue weighted by Gasteiger charge is 2.28. The van der Waals surface area contributed by atoms with Crippen LogP contribution in [0.1, 0.15) is 45.1 Å². The second-order valence-electron chi connectivity index (χ2n) is 8.50. The van der Waals surface area contributed by atoms with Crippen molar-refractivity contribution in [3.8, 4) is 5.75 Å². The third kappa shape index (κ3) is 8.51. The Morgan fingerprint density at radius 3 is 2.22 bits per heavy atom. The molecule has 0 aliphatic rings. The molecular weight excluding hydrogens is 485 g/mol. The lowest BCUT2D eigenvalue weighted by Crippen LogP contribution is -2.49. The van der Waals surface area contributed by atoms with Gasteiger partial charge in [-0.2, -0.15) is 0 Å². The van der Waals surface area contributed by atoms with Gasteiger partial charge in [-0.05, 0) is 61.2 Å². The summed E-state index contributed by atoms with van der Waals surface area (Å²) in [5.41, 5.74) is 1.17. The van der Waals surface area contributed by atoms with E-state index in [0.717, 1.165) is 22.5 Å². The van der Waals surface area contributed by atoms with Crippen molar-refractivity contribution in [1.82, 2.24) is 10.2 Å². The molecule has 2 rings (SSSR count). The fraction of sp³-hybridized carbons (Fsp3) is 0.462. The van der Waals surface area contributed by atoms with Crippen LogP contribution in [0.3, 0.4) is 0 Å². The summed E-state index contributed by atoms with van der Waals surface area (Å²) in [5.74, 6) is -0.253. The van der Waals surface area contributed by atoms with Gasteiger partial charge < -0.3 is 15.0 Å². The van der Waals surface area contributed by atoms with Gasteiger partial charge in [0, 0.05) is 26.1 Å². The molecule has 8 nitrogen and oxygen atoms in total. The van der Waals surface area contributed by atoms with Gasteiger partial charge in [0.25, 0.3) is 0 Å². The first-order valence-corrected chi connectivity index (χ1v) is 13.9. The third-order valence-corrected chi connectivity index (χ3v) is 6.91. The first kappa shape index (κ1) is 29.1. The first-order chi connectivity index (χ1) is 17.1. The van der Waals surface area contributed by atoms with E-state index in [1.165, 1.54) is 24.3 Å². The van der Waals surface area contributed by atoms with Crippen LogP contribution >= 0.6 is 0 Å². The molecule has 0 fully saturated rings. The molecule has 0 aliphatic heterocycles. The van der Waals surface area contributed by atoms with Gasteiger partial charge in [0.2, 0.25) is 21.8 Å². The molecule has 0 heterocycles. The Balaban J connectivity index is 2.19. The minimum atomic E-state index is -3.64. The third-order valence-electron chi connectivity index (χ3n) is 5.71. The zero-order chi connectivity index (χ0) is 26.7. The van der Waals surface area contributed by atoms with Crippen molar-refractivity contribution in [2.45, 2.75) is 52.1 Å². The summed E-state index contributed by atoms with van der Waals surface area (Å²) in [6.07, 6.45) is 2.55. The molecule has 0 unspecified atom stereocenters. The average Bonchev–Trinajstić information content (AvgIpc) is 2.85. The second-order valence-corrected chi connectivity index (χ2v) is 10.4. The molecule has 0 saturated heterocycles. The maximum atomic E-state index is 13.4. The maximum absolute atomic E-state index is 13.4. The van der Waals surface area contributed by atoms with E-state index in [4.69, 9.17) is 4.74 Å². The molecule has 198 valence electrons. The molecule has 36 heavy (non-hydrogen) atoms. The van der Waals surface area contributed by atoms with Crippen molar-refractivity contribution >= 4 is 27.5 Å². The molecule has 10 heteroatoms. The van der Waals surface area contributed by atoms with Crippen LogP contribution in [0.2, 0.25) is 0 Å². The summed E-state index contributed by atoms with van der Waals surface area (Å²) in [7, 11) is -2.07. The number of amides is 2. The van der Waals surface area contributed by atoms with Crippen molar-refractivity contribution in [3.63, 3.8) is 0 Å². The van der Waals surface area contributed by atoms with Gasteiger partial charge in [0.15, 0.2) is 0 Å². The fourth-order valence-corrected chi connectivity index (χ4v) is 4.79. The smallest absolute Gasteiger partial charge is 0.242 e. The number of methoxy groups -OCH3 is 1. The minimum absolute atomic E-state index is 0.0426. The lowest BCUT2D eigenvalue weighted by molar-refractivity contribution is -0.141. The number of hydrogen-bond acceptors (Lipinski definition) is 5. The Kier molecular flexibility index (Phi) is 11.2. The van der Waals surface area contributed by atoms with Crippen LogP contribution in [0, 0.1) is 5.82 Å². The van der Waals surface area contributed by atoms with Gasteiger partial charge in [-0.25, -0.2) is 12.8 Å². The monoisotopic (exact) mass is 521 g/mol. The number of hydrogen-bond donors (Lipinski definition) is 1. The average molecular weight is 522 g/mol. The molecule has 2 amide bonds. The molecule has 0 aromatic heterocycles. The molecule has 2 aromatic rings. The van der Waals surface area contributed by atoms with E-state index >= 15 is 0 Å². The van der Waals surface area contributed by atoms with Gasteiger partial charge in [-0.3, -0.25) is 13.9 Å². The molecule has 0 bridgehead atoms. The lowest BCUT2D eigenvalue weighted by Gasteiger charge is -2.31. The van der Waals surface area contributed by atoms with E-state index in [-0.39, 0.29) is 37.7 Å². The predicted octanol–water partition coefficient (Wildman–Crippen LogP) is 3.71. The van der Waals surface area contributed by atoms with Crippen LogP contribution in [0.5, 0.6) is 5.75 Å². The standard InChI is InChI=1S/C26H36FN3O5S/c1-5-17-28-26(32)24(6-2)29(19-20-9-15-23(35-3)16-10-20)25(31)8-7-18-30(36(4,33)34)22-13-11-21(27)12-14-22/h9-16,24H,5-8,17-19H2,1-4H3,(H,28,32)/t24-/m1/s1. The summed E-state index contributed by atoms with van der Waals surface area (Å²) in [5, 5.41) is 2.87. The Hall–Kier alpha value is -3.14. The number of nitrogens with one attached hydrogen (secondary N) is 1. The van der Waals surface area contributed by atoms with Crippen molar-refractivity contribution in [2.24, 2.45) is 0 Å². The van der Waals surface area contributed by atoms with E-state index in [2.05, 4.69) is 5.32 Å². The summed E-state index contributed by atoms with van der Waals surface area (Å²) in [4.78, 5) is 27.8. The molecule has 1 atom stereocenters. The maximum Gasteiger partial charge on any atom is 0.242 e. The molecule has 0 radical (unpaired) electrons. The molecular formula is C26H36FN3O5S. The number of halogens is 1. The summed E-state index contributed by atoms with van der Waals surface area (Å²) in [6, 6.07) is 11.8. The van der Waals surface area contributed by atoms with E-state index in [1.807, 2.05) is 26.0 Å². The molecule has 0 saturated carbocycles. The van der Waals surface area contributed by atoms with Gasteiger partial charge in [-0.1, -0.05) is 26.0 Å². The van der Waals surface area contributed by atoms with Gasteiger partial charge in [-0.15, -0.1) is 0 Å². The number of nitrogens with zero attached hydrogens (tertiary/aromatic N) is 2. The lowest BCUT2D eigenvalue weighted by atomic mass is 10.1. The summed E-state index contributed by atoms with van der Waals surface area (Å²) < 4.78 is 44.3. The van der Waals surface area contributed by atoms with Crippen molar-refractivity contribution in [2.75, 3.05) is 30.8 Å². The zero-order valence-corrected chi connectivity index (χ0v) is 22.2. The number of ether oxygens (including phenoxy) is 1. The van der Waals surface area contributed by atoms with E-state index in [9.17, 15) is 22.4 Å². The Morgan fingerprint density at radius 1 is 1.06 bits per heavy atom. The highest BCUT2D eigenvalue weighted by molar-refractivity contribution is 7.92. The summed E-state index contributed by atoms with van der Waals surface area (Å²) in [6.45, 7) is 4.60. The normalized spacial score (nSPS) is 12.0. The number of carbonyl (C=O) groups excluding carboxylic acids is 2. The summed E-state index contributed by atoms with van der Waals surface area (Å²) >= 11 is 0. The van der Waals surface area contributed by atoms with Gasteiger partial charge >= 0.3 is 0 Å². The van der Waals surface area contributed by atoms with Crippen LogP contribution in [-0.2, 0) is 26.2 Å². The van der Waals surface area contributed by atoms with E-state index in [1.54, 1.807) is 24.1 Å². The van der Waals surface area contributed by atoms with E-state index in [0.29, 0.717) is 24.4 Å². The molecule has 2 aromatic carbocycles. The Bertz CT molecular complexity index is 1090. The number of anilines is 1. The highest BCUT2D eigenvalue weighted by atomic mass is 32.2. The van der Waals surface area contributed by atoms with E-state index < -0.39 is 21.9 Å². The highest BCUT2D eigenvalue weighted by Crippen LogP contribution is 2.20. The molecule has 1 N–H and O–H groups in total. The topological polar surface area (TPSA) is 96.0 Å². The van der Waals surface area contributed by atoms with Crippen LogP contribution in [-0.4, -0.2) is 57.6 Å². The van der Waals surface area contributed by atoms with Crippen LogP contribution in [0.4, 0.5) is 10.1 Å². The zero-order valence-electron chi connectivity index (χ0n) is 21.4. The molecule has 0 aliphatic carbocycles. The predicted molar refractivity (Wildman–Crippen MR) is 139 cm³/mol. The largest absolute Gasteiger partial charge is 0.497 e. The van der Waals surface area contributed by atoms with Crippen LogP contribution in [0.15, 0.2) is 48.5 Å². The fourth-order valence-electron chi connectivity index (χ4n) is 3.82. The van der Waals surface area contributed by atoms with Crippen molar-refractivity contribution < 1.29 is 27.1 Å². The number of carbonyl (C=O) groups is 2. The second kappa shape index (κ2) is 13.8. The first-order valence-electron chi connectivity index (χ1n) is 12.0. The minimum Gasteiger partial charge on any atom is -0.497 e. The van der Waals surface area contributed by atoms with Crippen molar-refractivity contribution in [1.29, 1.82) is 0 Å². The number of sulfonamides is 1. The van der Waals surface area contributed by atoms with Crippen LogP contribution in [0.25, 0.3) is 0 Å². The Morgan fingerprint density at radius 2 is 1.69 bits per heavy atom. The van der Waals surface area contributed by atoms with Crippen molar-refractivity contribution in [3.05, 3.63) is 59.9 Å². The van der Waals surface area contributed by atoms with Gasteiger partial charge in [0.1, 0.15) is 17.6 Å². The molecule has 0 spiro atoms. The number of rotatable bonds is 14. The Labute approximate surface area is 213 Å². The van der Waals surface area contributed by atoms with Gasteiger partial charge in [0.05, 0.1) is 19.1 Å². The SMILES string of the molecule is CCCNC(=O)[C@@H](CC)N(Cc1ccc(OC)cc1)C(=O)CCCN(c1ccc(F)cc1)S(C)(=O)=O. The van der Waals surface area contributed by atoms with Crippen LogP contribution < -0.4 is 14.4 Å². The quantitative estimate of drug-likeness (QED) is 0.409. The number of benzene rings is 2.